The first-order valence-electron chi connectivity index (χ1n) is 9.19. The number of hydrogen-bond acceptors (Lipinski definition) is 9. The fourth-order valence-corrected chi connectivity index (χ4v) is 2.74. The van der Waals surface area contributed by atoms with Gasteiger partial charge in [0.25, 0.3) is 0 Å². The molecule has 0 spiro atoms. The number of rotatable bonds is 7. The van der Waals surface area contributed by atoms with Crippen molar-refractivity contribution >= 4 is 5.97 Å². The van der Waals surface area contributed by atoms with Gasteiger partial charge in [0.1, 0.15) is 47.1 Å². The Bertz CT molecular complexity index is 671. The molecule has 0 aliphatic carbocycles. The SMILES string of the molecule is CCC(C)(CC)OC(=O)c1cc(O)ccc1O[C@@H]1O[C@H](CO)[C@@H](O)[C@H](O)[C@H]1O. The number of aliphatic hydroxyl groups is 4. The third kappa shape index (κ3) is 4.73. The van der Waals surface area contributed by atoms with Crippen LogP contribution in [0.1, 0.15) is 44.0 Å². The Labute approximate surface area is 163 Å². The van der Waals surface area contributed by atoms with Gasteiger partial charge in [-0.3, -0.25) is 0 Å². The maximum atomic E-state index is 12.7. The molecule has 0 unspecified atom stereocenters. The van der Waals surface area contributed by atoms with Crippen molar-refractivity contribution in [3.05, 3.63) is 23.8 Å². The van der Waals surface area contributed by atoms with Crippen LogP contribution in [0.3, 0.4) is 0 Å². The van der Waals surface area contributed by atoms with Crippen LogP contribution >= 0.6 is 0 Å². The van der Waals surface area contributed by atoms with Gasteiger partial charge < -0.3 is 39.7 Å². The van der Waals surface area contributed by atoms with E-state index in [1.54, 1.807) is 6.92 Å². The Kier molecular flexibility index (Phi) is 7.24. The van der Waals surface area contributed by atoms with Crippen molar-refractivity contribution in [1.29, 1.82) is 0 Å². The second kappa shape index (κ2) is 9.06. The molecule has 1 aliphatic heterocycles. The van der Waals surface area contributed by atoms with E-state index in [9.17, 15) is 30.3 Å². The first kappa shape index (κ1) is 22.4. The third-order valence-electron chi connectivity index (χ3n) is 5.11. The van der Waals surface area contributed by atoms with Crippen molar-refractivity contribution < 1.29 is 44.5 Å². The molecule has 28 heavy (non-hydrogen) atoms. The molecule has 1 heterocycles. The van der Waals surface area contributed by atoms with Gasteiger partial charge in [-0.05, 0) is 38.0 Å². The topological polar surface area (TPSA) is 146 Å². The van der Waals surface area contributed by atoms with Crippen molar-refractivity contribution in [3.63, 3.8) is 0 Å². The zero-order chi connectivity index (χ0) is 21.1. The van der Waals surface area contributed by atoms with Gasteiger partial charge in [-0.25, -0.2) is 4.79 Å². The number of aromatic hydroxyl groups is 1. The molecule has 0 saturated carbocycles. The summed E-state index contributed by atoms with van der Waals surface area (Å²) < 4.78 is 16.4. The Morgan fingerprint density at radius 1 is 1.14 bits per heavy atom. The molecular formula is C19H28O9. The van der Waals surface area contributed by atoms with Crippen LogP contribution in [0.2, 0.25) is 0 Å². The normalized spacial score (nSPS) is 28.0. The zero-order valence-corrected chi connectivity index (χ0v) is 16.1. The highest BCUT2D eigenvalue weighted by molar-refractivity contribution is 5.93. The van der Waals surface area contributed by atoms with E-state index in [1.165, 1.54) is 12.1 Å². The van der Waals surface area contributed by atoms with Crippen molar-refractivity contribution in [3.8, 4) is 11.5 Å². The number of phenolic OH excluding ortho intramolecular Hbond substituents is 1. The van der Waals surface area contributed by atoms with Gasteiger partial charge in [0.15, 0.2) is 0 Å². The summed E-state index contributed by atoms with van der Waals surface area (Å²) in [5.41, 5.74) is -0.798. The molecule has 1 aromatic rings. The molecule has 0 amide bonds. The van der Waals surface area contributed by atoms with E-state index in [-0.39, 0.29) is 17.1 Å². The highest BCUT2D eigenvalue weighted by atomic mass is 16.7. The van der Waals surface area contributed by atoms with Gasteiger partial charge in [0.05, 0.1) is 6.61 Å². The van der Waals surface area contributed by atoms with Crippen molar-refractivity contribution in [1.82, 2.24) is 0 Å². The van der Waals surface area contributed by atoms with E-state index < -0.39 is 48.9 Å². The van der Waals surface area contributed by atoms with Gasteiger partial charge in [-0.1, -0.05) is 13.8 Å². The first-order chi connectivity index (χ1) is 13.2. The van der Waals surface area contributed by atoms with E-state index in [4.69, 9.17) is 14.2 Å². The molecule has 9 nitrogen and oxygen atoms in total. The van der Waals surface area contributed by atoms with E-state index in [0.717, 1.165) is 6.07 Å². The largest absolute Gasteiger partial charge is 0.508 e. The molecule has 1 aliphatic rings. The average Bonchev–Trinajstić information content (AvgIpc) is 2.69. The number of aliphatic hydroxyl groups excluding tert-OH is 4. The second-order valence-corrected chi connectivity index (χ2v) is 7.04. The smallest absolute Gasteiger partial charge is 0.342 e. The lowest BCUT2D eigenvalue weighted by Crippen LogP contribution is -2.60. The lowest BCUT2D eigenvalue weighted by atomic mass is 9.99. The van der Waals surface area contributed by atoms with Crippen LogP contribution in [0, 0.1) is 0 Å². The van der Waals surface area contributed by atoms with E-state index in [2.05, 4.69) is 0 Å². The third-order valence-corrected chi connectivity index (χ3v) is 5.11. The molecular weight excluding hydrogens is 372 g/mol. The number of phenols is 1. The van der Waals surface area contributed by atoms with Crippen LogP contribution in [0.5, 0.6) is 11.5 Å². The summed E-state index contributed by atoms with van der Waals surface area (Å²) in [4.78, 5) is 12.7. The van der Waals surface area contributed by atoms with Crippen LogP contribution in [0.25, 0.3) is 0 Å². The molecule has 0 bridgehead atoms. The number of esters is 1. The summed E-state index contributed by atoms with van der Waals surface area (Å²) >= 11 is 0. The van der Waals surface area contributed by atoms with E-state index in [1.807, 2.05) is 13.8 Å². The molecule has 9 heteroatoms. The summed E-state index contributed by atoms with van der Waals surface area (Å²) in [6, 6.07) is 3.73. The molecule has 5 N–H and O–H groups in total. The first-order valence-corrected chi connectivity index (χ1v) is 9.19. The number of carbonyl (C=O) groups excluding carboxylic acids is 1. The van der Waals surface area contributed by atoms with Crippen LogP contribution in [0.15, 0.2) is 18.2 Å². The summed E-state index contributed by atoms with van der Waals surface area (Å²) in [5, 5.41) is 48.9. The molecule has 1 saturated heterocycles. The summed E-state index contributed by atoms with van der Waals surface area (Å²) in [6.07, 6.45) is -6.24. The second-order valence-electron chi connectivity index (χ2n) is 7.04. The summed E-state index contributed by atoms with van der Waals surface area (Å²) in [7, 11) is 0. The van der Waals surface area contributed by atoms with Crippen LogP contribution in [0.4, 0.5) is 0 Å². The molecule has 0 radical (unpaired) electrons. The van der Waals surface area contributed by atoms with Crippen LogP contribution < -0.4 is 4.74 Å². The van der Waals surface area contributed by atoms with Crippen molar-refractivity contribution in [2.45, 2.75) is 69.9 Å². The Morgan fingerprint density at radius 2 is 1.79 bits per heavy atom. The van der Waals surface area contributed by atoms with Gasteiger partial charge in [0, 0.05) is 0 Å². The Hall–Kier alpha value is -1.91. The molecule has 1 aromatic carbocycles. The highest BCUT2D eigenvalue weighted by Crippen LogP contribution is 2.31. The molecule has 158 valence electrons. The van der Waals surface area contributed by atoms with E-state index in [0.29, 0.717) is 12.8 Å². The van der Waals surface area contributed by atoms with Crippen molar-refractivity contribution in [2.75, 3.05) is 6.61 Å². The molecule has 0 aromatic heterocycles. The predicted molar refractivity (Wildman–Crippen MR) is 96.9 cm³/mol. The number of hydrogen-bond donors (Lipinski definition) is 5. The minimum absolute atomic E-state index is 0.0540. The molecule has 1 fully saturated rings. The molecule has 5 atom stereocenters. The lowest BCUT2D eigenvalue weighted by molar-refractivity contribution is -0.277. The summed E-state index contributed by atoms with van der Waals surface area (Å²) in [6.45, 7) is 4.93. The van der Waals surface area contributed by atoms with Gasteiger partial charge >= 0.3 is 5.97 Å². The minimum atomic E-state index is -1.63. The quantitative estimate of drug-likeness (QED) is 0.408. The zero-order valence-electron chi connectivity index (χ0n) is 16.1. The lowest BCUT2D eigenvalue weighted by Gasteiger charge is -2.39. The van der Waals surface area contributed by atoms with Crippen LogP contribution in [-0.2, 0) is 9.47 Å². The highest BCUT2D eigenvalue weighted by Gasteiger charge is 2.45. The van der Waals surface area contributed by atoms with Gasteiger partial charge in [0.2, 0.25) is 6.29 Å². The average molecular weight is 400 g/mol. The van der Waals surface area contributed by atoms with Gasteiger partial charge in [-0.15, -0.1) is 0 Å². The van der Waals surface area contributed by atoms with Crippen LogP contribution in [-0.4, -0.2) is 74.4 Å². The number of benzene rings is 1. The maximum Gasteiger partial charge on any atom is 0.342 e. The molecule has 2 rings (SSSR count). The summed E-state index contributed by atoms with van der Waals surface area (Å²) in [5.74, 6) is -0.980. The standard InChI is InChI=1S/C19H28O9/c1-4-19(3,5-2)28-17(25)11-8-10(21)6-7-12(11)26-18-16(24)15(23)14(22)13(9-20)27-18/h6-8,13-16,18,20-24H,4-5,9H2,1-3H3/t13-,14-,15+,16-,18-/m1/s1. The fraction of sp³-hybridized carbons (Fsp3) is 0.632. The number of ether oxygens (including phenoxy) is 3. The monoisotopic (exact) mass is 400 g/mol. The predicted octanol–water partition coefficient (Wildman–Crippen LogP) is 0.306. The number of carbonyl (C=O) groups is 1. The minimum Gasteiger partial charge on any atom is -0.508 e. The fourth-order valence-electron chi connectivity index (χ4n) is 2.74. The van der Waals surface area contributed by atoms with Gasteiger partial charge in [-0.2, -0.15) is 0 Å². The van der Waals surface area contributed by atoms with Crippen molar-refractivity contribution in [2.24, 2.45) is 0 Å². The van der Waals surface area contributed by atoms with E-state index >= 15 is 0 Å². The maximum absolute atomic E-state index is 12.7. The Balaban J connectivity index is 2.28. The Morgan fingerprint density at radius 3 is 2.36 bits per heavy atom.